The van der Waals surface area contributed by atoms with Crippen molar-refractivity contribution >= 4 is 0 Å². The number of nitrogens with zero attached hydrogens (tertiary/aromatic N) is 1. The van der Waals surface area contributed by atoms with Gasteiger partial charge in [-0.15, -0.1) is 0 Å². The van der Waals surface area contributed by atoms with Gasteiger partial charge in [-0.05, 0) is 17.2 Å². The van der Waals surface area contributed by atoms with Crippen LogP contribution >= 0.6 is 0 Å². The molecule has 0 spiro atoms. The van der Waals surface area contributed by atoms with E-state index in [2.05, 4.69) is 4.98 Å². The van der Waals surface area contributed by atoms with Gasteiger partial charge in [0.25, 0.3) is 0 Å². The number of hydrogen-bond donors (Lipinski definition) is 0. The van der Waals surface area contributed by atoms with Gasteiger partial charge in [-0.1, -0.05) is 30.3 Å². The average molecular weight is 187 g/mol. The molecule has 70 valence electrons. The fraction of sp³-hybridized carbons (Fsp3) is 0.0833. The second kappa shape index (κ2) is 4.01. The van der Waals surface area contributed by atoms with Crippen molar-refractivity contribution in [3.8, 4) is 0 Å². The molecule has 0 saturated heterocycles. The molecule has 0 saturated carbocycles. The minimum atomic E-state index is -0.239. The lowest BCUT2D eigenvalue weighted by Crippen LogP contribution is -1.92. The highest BCUT2D eigenvalue weighted by molar-refractivity contribution is 5.24. The van der Waals surface area contributed by atoms with Gasteiger partial charge in [0, 0.05) is 12.6 Å². The first-order valence-electron chi connectivity index (χ1n) is 4.48. The van der Waals surface area contributed by atoms with Crippen molar-refractivity contribution in [1.29, 1.82) is 0 Å². The number of pyridine rings is 1. The molecule has 1 nitrogen and oxygen atoms in total. The maximum Gasteiger partial charge on any atom is 0.145 e. The van der Waals surface area contributed by atoms with E-state index in [1.165, 1.54) is 6.20 Å². The molecule has 1 heterocycles. The standard InChI is InChI=1S/C12H10FN/c13-12-9-14-7-6-11(12)8-10-4-2-1-3-5-10/h1-7,9H,8H2. The Hall–Kier alpha value is -1.70. The van der Waals surface area contributed by atoms with E-state index >= 15 is 0 Å². The molecule has 0 aliphatic heterocycles. The van der Waals surface area contributed by atoms with Crippen LogP contribution in [0.5, 0.6) is 0 Å². The highest BCUT2D eigenvalue weighted by atomic mass is 19.1. The monoisotopic (exact) mass is 187 g/mol. The van der Waals surface area contributed by atoms with E-state index in [0.29, 0.717) is 12.0 Å². The third kappa shape index (κ3) is 1.96. The van der Waals surface area contributed by atoms with Gasteiger partial charge in [0.05, 0.1) is 6.20 Å². The lowest BCUT2D eigenvalue weighted by molar-refractivity contribution is 0.607. The van der Waals surface area contributed by atoms with Crippen LogP contribution in [0.3, 0.4) is 0 Å². The summed E-state index contributed by atoms with van der Waals surface area (Å²) in [4.78, 5) is 3.71. The smallest absolute Gasteiger partial charge is 0.145 e. The van der Waals surface area contributed by atoms with E-state index in [0.717, 1.165) is 5.56 Å². The quantitative estimate of drug-likeness (QED) is 0.704. The summed E-state index contributed by atoms with van der Waals surface area (Å²) < 4.78 is 13.2. The van der Waals surface area contributed by atoms with Crippen molar-refractivity contribution in [2.45, 2.75) is 6.42 Å². The Morgan fingerprint density at radius 1 is 1.07 bits per heavy atom. The Bertz CT molecular complexity index is 412. The molecule has 0 aliphatic carbocycles. The van der Waals surface area contributed by atoms with Gasteiger partial charge < -0.3 is 0 Å². The van der Waals surface area contributed by atoms with Gasteiger partial charge in [-0.25, -0.2) is 4.39 Å². The summed E-state index contributed by atoms with van der Waals surface area (Å²) in [6.45, 7) is 0. The molecule has 2 aromatic rings. The van der Waals surface area contributed by atoms with Crippen LogP contribution in [0.15, 0.2) is 48.8 Å². The summed E-state index contributed by atoms with van der Waals surface area (Å²) >= 11 is 0. The Morgan fingerprint density at radius 2 is 1.86 bits per heavy atom. The first kappa shape index (κ1) is 8.88. The van der Waals surface area contributed by atoms with Gasteiger partial charge in [0.2, 0.25) is 0 Å². The van der Waals surface area contributed by atoms with Crippen molar-refractivity contribution in [1.82, 2.24) is 4.98 Å². The summed E-state index contributed by atoms with van der Waals surface area (Å²) in [6, 6.07) is 11.5. The topological polar surface area (TPSA) is 12.9 Å². The molecule has 0 bridgehead atoms. The summed E-state index contributed by atoms with van der Waals surface area (Å²) in [5.41, 5.74) is 1.80. The van der Waals surface area contributed by atoms with Crippen LogP contribution in [0.25, 0.3) is 0 Å². The lowest BCUT2D eigenvalue weighted by atomic mass is 10.1. The zero-order valence-electron chi connectivity index (χ0n) is 7.65. The van der Waals surface area contributed by atoms with E-state index < -0.39 is 0 Å². The maximum absolute atomic E-state index is 13.2. The minimum absolute atomic E-state index is 0.239. The molecular formula is C12H10FN. The average Bonchev–Trinajstić information content (AvgIpc) is 2.23. The zero-order chi connectivity index (χ0) is 9.80. The molecule has 0 atom stereocenters. The molecule has 14 heavy (non-hydrogen) atoms. The van der Waals surface area contributed by atoms with Crippen LogP contribution in [-0.2, 0) is 6.42 Å². The molecule has 0 radical (unpaired) electrons. The second-order valence-corrected chi connectivity index (χ2v) is 3.13. The molecule has 2 heteroatoms. The molecule has 0 amide bonds. The number of halogens is 1. The Labute approximate surface area is 82.2 Å². The molecule has 0 fully saturated rings. The van der Waals surface area contributed by atoms with Crippen LogP contribution in [-0.4, -0.2) is 4.98 Å². The van der Waals surface area contributed by atoms with Crippen molar-refractivity contribution in [3.63, 3.8) is 0 Å². The molecule has 0 aliphatic rings. The Morgan fingerprint density at radius 3 is 2.57 bits per heavy atom. The van der Waals surface area contributed by atoms with Gasteiger partial charge in [-0.3, -0.25) is 4.98 Å². The van der Waals surface area contributed by atoms with Crippen LogP contribution in [0.4, 0.5) is 4.39 Å². The van der Waals surface area contributed by atoms with Gasteiger partial charge >= 0.3 is 0 Å². The normalized spacial score (nSPS) is 10.1. The summed E-state index contributed by atoms with van der Waals surface area (Å²) in [7, 11) is 0. The number of aromatic nitrogens is 1. The van der Waals surface area contributed by atoms with E-state index in [4.69, 9.17) is 0 Å². The molecule has 1 aromatic heterocycles. The highest BCUT2D eigenvalue weighted by Gasteiger charge is 2.01. The SMILES string of the molecule is Fc1cnccc1Cc1ccccc1. The van der Waals surface area contributed by atoms with Gasteiger partial charge in [-0.2, -0.15) is 0 Å². The molecule has 1 aromatic carbocycles. The highest BCUT2D eigenvalue weighted by Crippen LogP contribution is 2.11. The van der Waals surface area contributed by atoms with E-state index in [1.807, 2.05) is 30.3 Å². The summed E-state index contributed by atoms with van der Waals surface area (Å²) in [6.07, 6.45) is 3.48. The van der Waals surface area contributed by atoms with Crippen molar-refractivity contribution in [2.75, 3.05) is 0 Å². The minimum Gasteiger partial charge on any atom is -0.262 e. The number of rotatable bonds is 2. The zero-order valence-corrected chi connectivity index (χ0v) is 7.65. The lowest BCUT2D eigenvalue weighted by Gasteiger charge is -2.01. The Kier molecular flexibility index (Phi) is 2.54. The molecular weight excluding hydrogens is 177 g/mol. The van der Waals surface area contributed by atoms with Crippen LogP contribution < -0.4 is 0 Å². The molecule has 0 N–H and O–H groups in total. The van der Waals surface area contributed by atoms with Crippen LogP contribution in [0.1, 0.15) is 11.1 Å². The predicted molar refractivity (Wildman–Crippen MR) is 53.4 cm³/mol. The van der Waals surface area contributed by atoms with Gasteiger partial charge in [0.1, 0.15) is 5.82 Å². The fourth-order valence-corrected chi connectivity index (χ4v) is 1.36. The number of benzene rings is 1. The fourth-order valence-electron chi connectivity index (χ4n) is 1.36. The maximum atomic E-state index is 13.2. The van der Waals surface area contributed by atoms with Crippen molar-refractivity contribution < 1.29 is 4.39 Å². The van der Waals surface area contributed by atoms with E-state index in [1.54, 1.807) is 12.3 Å². The van der Waals surface area contributed by atoms with Crippen LogP contribution in [0, 0.1) is 5.82 Å². The third-order valence-corrected chi connectivity index (χ3v) is 2.09. The van der Waals surface area contributed by atoms with Crippen LogP contribution in [0.2, 0.25) is 0 Å². The largest absolute Gasteiger partial charge is 0.262 e. The second-order valence-electron chi connectivity index (χ2n) is 3.13. The van der Waals surface area contributed by atoms with Gasteiger partial charge in [0.15, 0.2) is 0 Å². The molecule has 0 unspecified atom stereocenters. The third-order valence-electron chi connectivity index (χ3n) is 2.09. The predicted octanol–water partition coefficient (Wildman–Crippen LogP) is 2.81. The van der Waals surface area contributed by atoms with E-state index in [9.17, 15) is 4.39 Å². The summed E-state index contributed by atoms with van der Waals surface area (Å²) in [5.74, 6) is -0.239. The Balaban J connectivity index is 2.24. The summed E-state index contributed by atoms with van der Waals surface area (Å²) in [5, 5.41) is 0. The molecule has 2 rings (SSSR count). The van der Waals surface area contributed by atoms with E-state index in [-0.39, 0.29) is 5.82 Å². The first-order valence-corrected chi connectivity index (χ1v) is 4.48. The number of hydrogen-bond acceptors (Lipinski definition) is 1. The van der Waals surface area contributed by atoms with Crippen molar-refractivity contribution in [3.05, 3.63) is 65.7 Å². The first-order chi connectivity index (χ1) is 6.86. The van der Waals surface area contributed by atoms with Crippen molar-refractivity contribution in [2.24, 2.45) is 0 Å².